The molecular formula is C20H19N3O7. The van der Waals surface area contributed by atoms with Gasteiger partial charge in [-0.1, -0.05) is 0 Å². The number of ketones is 1. The van der Waals surface area contributed by atoms with Crippen molar-refractivity contribution in [2.24, 2.45) is 0 Å². The zero-order valence-corrected chi connectivity index (χ0v) is 16.2. The van der Waals surface area contributed by atoms with Crippen LogP contribution in [0.1, 0.15) is 34.3 Å². The van der Waals surface area contributed by atoms with Gasteiger partial charge in [0.2, 0.25) is 11.7 Å². The van der Waals surface area contributed by atoms with E-state index in [4.69, 9.17) is 9.47 Å². The molecule has 1 saturated heterocycles. The lowest BCUT2D eigenvalue weighted by atomic mass is 10.0. The molecule has 1 fully saturated rings. The summed E-state index contributed by atoms with van der Waals surface area (Å²) < 4.78 is 11.8. The summed E-state index contributed by atoms with van der Waals surface area (Å²) in [7, 11) is 0. The van der Waals surface area contributed by atoms with Crippen LogP contribution in [-0.4, -0.2) is 39.7 Å². The lowest BCUT2D eigenvalue weighted by Gasteiger charge is -2.18. The fourth-order valence-corrected chi connectivity index (χ4v) is 3.33. The van der Waals surface area contributed by atoms with Crippen LogP contribution in [0.5, 0.6) is 11.6 Å². The van der Waals surface area contributed by atoms with Crippen LogP contribution in [-0.2, 0) is 11.3 Å². The number of rotatable bonds is 7. The van der Waals surface area contributed by atoms with Gasteiger partial charge in [0.25, 0.3) is 11.2 Å². The Labute approximate surface area is 171 Å². The number of nitriles is 1. The minimum absolute atomic E-state index is 0.0309. The average Bonchev–Trinajstić information content (AvgIpc) is 3.23. The van der Waals surface area contributed by atoms with E-state index < -0.39 is 28.8 Å². The molecule has 1 aromatic heterocycles. The Hall–Kier alpha value is -3.71. The molecule has 3 rings (SSSR count). The van der Waals surface area contributed by atoms with Gasteiger partial charge in [-0.25, -0.2) is 0 Å². The number of hydrogen-bond donors (Lipinski definition) is 1. The van der Waals surface area contributed by atoms with Gasteiger partial charge in [-0.15, -0.1) is 0 Å². The fourth-order valence-electron chi connectivity index (χ4n) is 3.33. The van der Waals surface area contributed by atoms with Crippen molar-refractivity contribution in [2.45, 2.75) is 32.4 Å². The molecule has 0 spiro atoms. The van der Waals surface area contributed by atoms with E-state index in [0.29, 0.717) is 13.0 Å². The first kappa shape index (κ1) is 21.0. The molecule has 1 aliphatic heterocycles. The number of nitro benzene ring substituents is 1. The molecule has 0 radical (unpaired) electrons. The molecule has 10 nitrogen and oxygen atoms in total. The van der Waals surface area contributed by atoms with E-state index in [-0.39, 0.29) is 40.8 Å². The summed E-state index contributed by atoms with van der Waals surface area (Å²) in [6, 6.07) is 6.96. The molecule has 2 heterocycles. The number of hydrogen-bond acceptors (Lipinski definition) is 8. The van der Waals surface area contributed by atoms with E-state index in [1.807, 2.05) is 0 Å². The quantitative estimate of drug-likeness (QED) is 0.413. The first-order valence-corrected chi connectivity index (χ1v) is 9.22. The minimum atomic E-state index is -0.684. The number of aromatic nitrogens is 1. The van der Waals surface area contributed by atoms with Gasteiger partial charge in [0, 0.05) is 18.7 Å². The zero-order valence-electron chi connectivity index (χ0n) is 16.2. The van der Waals surface area contributed by atoms with E-state index in [1.165, 1.54) is 31.2 Å². The third-order valence-corrected chi connectivity index (χ3v) is 4.91. The molecule has 0 bridgehead atoms. The molecule has 30 heavy (non-hydrogen) atoms. The van der Waals surface area contributed by atoms with Crippen LogP contribution in [0.2, 0.25) is 0 Å². The Kier molecular flexibility index (Phi) is 6.13. The molecule has 10 heteroatoms. The zero-order chi connectivity index (χ0) is 21.8. The molecule has 0 amide bonds. The molecule has 2 aromatic rings. The molecule has 1 atom stereocenters. The van der Waals surface area contributed by atoms with E-state index in [9.17, 15) is 30.1 Å². The Morgan fingerprint density at radius 3 is 2.70 bits per heavy atom. The Morgan fingerprint density at radius 2 is 2.13 bits per heavy atom. The lowest BCUT2D eigenvalue weighted by molar-refractivity contribution is -0.384. The first-order chi connectivity index (χ1) is 14.3. The lowest BCUT2D eigenvalue weighted by Crippen LogP contribution is -2.31. The van der Waals surface area contributed by atoms with E-state index in [0.717, 1.165) is 11.0 Å². The number of ether oxygens (including phenoxy) is 2. The summed E-state index contributed by atoms with van der Waals surface area (Å²) in [5, 5.41) is 30.7. The molecule has 1 N–H and O–H groups in total. The van der Waals surface area contributed by atoms with Gasteiger partial charge in [0.1, 0.15) is 17.4 Å². The number of carbonyl (C=O) groups excluding carboxylic acids is 1. The van der Waals surface area contributed by atoms with Gasteiger partial charge in [-0.05, 0) is 37.5 Å². The third kappa shape index (κ3) is 4.16. The predicted octanol–water partition coefficient (Wildman–Crippen LogP) is 2.08. The van der Waals surface area contributed by atoms with Crippen LogP contribution < -0.4 is 10.3 Å². The van der Waals surface area contributed by atoms with Gasteiger partial charge in [-0.3, -0.25) is 24.3 Å². The maximum atomic E-state index is 12.8. The average molecular weight is 413 g/mol. The number of pyridine rings is 1. The van der Waals surface area contributed by atoms with Crippen molar-refractivity contribution in [3.8, 4) is 17.7 Å². The van der Waals surface area contributed by atoms with Crippen molar-refractivity contribution in [1.29, 1.82) is 5.26 Å². The molecule has 1 unspecified atom stereocenters. The predicted molar refractivity (Wildman–Crippen MR) is 104 cm³/mol. The van der Waals surface area contributed by atoms with Crippen molar-refractivity contribution < 1.29 is 24.3 Å². The summed E-state index contributed by atoms with van der Waals surface area (Å²) in [6.07, 6.45) is 1.24. The summed E-state index contributed by atoms with van der Waals surface area (Å²) >= 11 is 0. The number of carbonyl (C=O) groups is 1. The second-order valence-corrected chi connectivity index (χ2v) is 6.82. The van der Waals surface area contributed by atoms with Crippen LogP contribution in [0.25, 0.3) is 0 Å². The minimum Gasteiger partial charge on any atom is -0.494 e. The highest BCUT2D eigenvalue weighted by atomic mass is 16.6. The second-order valence-electron chi connectivity index (χ2n) is 6.82. The molecular weight excluding hydrogens is 394 g/mol. The van der Waals surface area contributed by atoms with Crippen LogP contribution in [0.15, 0.2) is 29.1 Å². The highest BCUT2D eigenvalue weighted by molar-refractivity contribution is 6.01. The summed E-state index contributed by atoms with van der Waals surface area (Å²) in [6.45, 7) is 1.50. The number of Topliss-reactive ketones (excluding diaryl/α,β-unsaturated/α-hetero) is 1. The third-order valence-electron chi connectivity index (χ3n) is 4.91. The highest BCUT2D eigenvalue weighted by Crippen LogP contribution is 2.25. The molecule has 156 valence electrons. The van der Waals surface area contributed by atoms with Crippen molar-refractivity contribution in [1.82, 2.24) is 4.57 Å². The highest BCUT2D eigenvalue weighted by Gasteiger charge is 2.26. The topological polar surface area (TPSA) is 145 Å². The number of aromatic hydroxyl groups is 1. The van der Waals surface area contributed by atoms with Crippen LogP contribution in [0, 0.1) is 28.4 Å². The van der Waals surface area contributed by atoms with Crippen molar-refractivity contribution in [3.63, 3.8) is 0 Å². The van der Waals surface area contributed by atoms with Crippen molar-refractivity contribution in [2.75, 3.05) is 13.2 Å². The van der Waals surface area contributed by atoms with E-state index in [1.54, 1.807) is 6.07 Å². The summed E-state index contributed by atoms with van der Waals surface area (Å²) in [5.74, 6) is -0.954. The monoisotopic (exact) mass is 413 g/mol. The van der Waals surface area contributed by atoms with Crippen LogP contribution in [0.4, 0.5) is 5.69 Å². The summed E-state index contributed by atoms with van der Waals surface area (Å²) in [5.41, 5.74) is -1.14. The fraction of sp³-hybridized carbons (Fsp3) is 0.350. The number of benzene rings is 1. The van der Waals surface area contributed by atoms with Crippen LogP contribution in [0.3, 0.4) is 0 Å². The number of nitro groups is 1. The maximum absolute atomic E-state index is 12.8. The van der Waals surface area contributed by atoms with Gasteiger partial charge in [-0.2, -0.15) is 5.26 Å². The second kappa shape index (κ2) is 8.75. The Balaban J connectivity index is 1.87. The standard InChI is InChI=1S/C20H19N3O7/c1-12-16(9-21)19(25)22(10-15-3-2-8-29-15)20(26)18(12)17(24)11-30-14-6-4-13(5-7-14)23(27)28/h4-7,15,26H,2-3,8,10-11H2,1H3. The van der Waals surface area contributed by atoms with Crippen molar-refractivity contribution >= 4 is 11.5 Å². The molecule has 1 aliphatic rings. The number of non-ortho nitro benzene ring substituents is 1. The van der Waals surface area contributed by atoms with Gasteiger partial charge in [0.05, 0.1) is 23.1 Å². The van der Waals surface area contributed by atoms with E-state index in [2.05, 4.69) is 0 Å². The van der Waals surface area contributed by atoms with Gasteiger partial charge in [0.15, 0.2) is 6.61 Å². The van der Waals surface area contributed by atoms with Crippen LogP contribution >= 0.6 is 0 Å². The largest absolute Gasteiger partial charge is 0.494 e. The Morgan fingerprint density at radius 1 is 1.43 bits per heavy atom. The molecule has 0 saturated carbocycles. The van der Waals surface area contributed by atoms with Gasteiger partial charge >= 0.3 is 0 Å². The summed E-state index contributed by atoms with van der Waals surface area (Å²) in [4.78, 5) is 35.5. The van der Waals surface area contributed by atoms with E-state index >= 15 is 0 Å². The first-order valence-electron chi connectivity index (χ1n) is 9.22. The molecule has 1 aromatic carbocycles. The van der Waals surface area contributed by atoms with Gasteiger partial charge < -0.3 is 14.6 Å². The Bertz CT molecular complexity index is 1080. The maximum Gasteiger partial charge on any atom is 0.271 e. The smallest absolute Gasteiger partial charge is 0.271 e. The normalized spacial score (nSPS) is 15.5. The SMILES string of the molecule is Cc1c(C(=O)COc2ccc([N+](=O)[O-])cc2)c(O)n(CC2CCCO2)c(=O)c1C#N. The number of nitrogens with zero attached hydrogens (tertiary/aromatic N) is 3. The van der Waals surface area contributed by atoms with Crippen molar-refractivity contribution in [3.05, 3.63) is 61.4 Å². The molecule has 0 aliphatic carbocycles.